The molecule has 0 spiro atoms. The van der Waals surface area contributed by atoms with Crippen molar-refractivity contribution in [3.05, 3.63) is 53.3 Å². The summed E-state index contributed by atoms with van der Waals surface area (Å²) in [6, 6.07) is 7.90. The number of aromatic nitrogens is 2. The van der Waals surface area contributed by atoms with Crippen LogP contribution < -0.4 is 5.32 Å². The molecular weight excluding hydrogens is 416 g/mol. The standard InChI is InChI=1S/C21H24N6O5/c28-19(29)22-10-16-18-15(11-26(23-18)20(30)24-8-4-5-9-24)17-12-25(16)21(31)27(17)32-13-14-6-2-1-3-7-14/h1-3,6-7,11,16-17,22H,4-5,8-10,12-13H2,(H,28,29). The number of urea groups is 1. The van der Waals surface area contributed by atoms with Crippen molar-refractivity contribution in [3.8, 4) is 0 Å². The third kappa shape index (κ3) is 3.54. The fourth-order valence-electron chi connectivity index (χ4n) is 4.55. The number of amides is 4. The van der Waals surface area contributed by atoms with Crippen molar-refractivity contribution in [1.29, 1.82) is 0 Å². The minimum Gasteiger partial charge on any atom is -0.465 e. The first kappa shape index (κ1) is 20.3. The summed E-state index contributed by atoms with van der Waals surface area (Å²) in [5.74, 6) is 0. The van der Waals surface area contributed by atoms with E-state index < -0.39 is 18.2 Å². The van der Waals surface area contributed by atoms with Crippen molar-refractivity contribution < 1.29 is 24.3 Å². The van der Waals surface area contributed by atoms with Crippen LogP contribution in [0.15, 0.2) is 36.5 Å². The van der Waals surface area contributed by atoms with Crippen molar-refractivity contribution >= 4 is 18.2 Å². The lowest BCUT2D eigenvalue weighted by Gasteiger charge is -2.29. The van der Waals surface area contributed by atoms with Gasteiger partial charge >= 0.3 is 18.2 Å². The van der Waals surface area contributed by atoms with Gasteiger partial charge in [0.2, 0.25) is 0 Å². The second-order valence-corrected chi connectivity index (χ2v) is 8.13. The summed E-state index contributed by atoms with van der Waals surface area (Å²) in [5.41, 5.74) is 2.13. The van der Waals surface area contributed by atoms with Crippen LogP contribution in [0.5, 0.6) is 0 Å². The van der Waals surface area contributed by atoms with E-state index in [1.807, 2.05) is 30.3 Å². The molecule has 2 atom stereocenters. The molecule has 2 saturated heterocycles. The molecule has 11 nitrogen and oxygen atoms in total. The number of fused-ring (bicyclic) bond motifs is 4. The molecule has 1 aromatic carbocycles. The van der Waals surface area contributed by atoms with Gasteiger partial charge in [-0.3, -0.25) is 4.84 Å². The summed E-state index contributed by atoms with van der Waals surface area (Å²) < 4.78 is 1.31. The SMILES string of the molecule is O=C(O)NCC1c2nn(C(=O)N3CCCC3)cc2C2CN1C(=O)N2OCc1ccccc1. The summed E-state index contributed by atoms with van der Waals surface area (Å²) in [7, 11) is 0. The van der Waals surface area contributed by atoms with Gasteiger partial charge in [0.25, 0.3) is 0 Å². The number of rotatable bonds is 5. The molecule has 0 radical (unpaired) electrons. The van der Waals surface area contributed by atoms with E-state index in [9.17, 15) is 14.4 Å². The van der Waals surface area contributed by atoms with Crippen molar-refractivity contribution in [2.75, 3.05) is 26.2 Å². The monoisotopic (exact) mass is 440 g/mol. The summed E-state index contributed by atoms with van der Waals surface area (Å²) in [4.78, 5) is 46.3. The molecule has 2 bridgehead atoms. The number of nitrogens with one attached hydrogen (secondary N) is 1. The molecule has 11 heteroatoms. The number of carboxylic acid groups (broad SMARTS) is 1. The van der Waals surface area contributed by atoms with Crippen LogP contribution >= 0.6 is 0 Å². The molecule has 1 aromatic heterocycles. The second-order valence-electron chi connectivity index (χ2n) is 8.13. The molecule has 5 rings (SSSR count). The first-order valence-corrected chi connectivity index (χ1v) is 10.6. The van der Waals surface area contributed by atoms with Crippen molar-refractivity contribution in [1.82, 2.24) is 30.0 Å². The normalized spacial score (nSPS) is 21.8. The highest BCUT2D eigenvalue weighted by Gasteiger charge is 2.50. The number of carbonyl (C=O) groups excluding carboxylic acids is 2. The summed E-state index contributed by atoms with van der Waals surface area (Å²) in [6.07, 6.45) is 2.39. The Bertz CT molecular complexity index is 1030. The van der Waals surface area contributed by atoms with E-state index in [1.165, 1.54) is 9.75 Å². The van der Waals surface area contributed by atoms with Gasteiger partial charge in [0, 0.05) is 31.4 Å². The minimum atomic E-state index is -1.19. The van der Waals surface area contributed by atoms with E-state index >= 15 is 0 Å². The van der Waals surface area contributed by atoms with E-state index in [4.69, 9.17) is 9.94 Å². The molecule has 0 aliphatic carbocycles. The lowest BCUT2D eigenvalue weighted by atomic mass is 9.98. The van der Waals surface area contributed by atoms with Crippen LogP contribution in [0.4, 0.5) is 14.4 Å². The Morgan fingerprint density at radius 3 is 2.66 bits per heavy atom. The van der Waals surface area contributed by atoms with Gasteiger partial charge in [-0.25, -0.2) is 14.4 Å². The Kier molecular flexibility index (Phi) is 5.17. The molecule has 4 amide bonds. The van der Waals surface area contributed by atoms with E-state index in [1.54, 1.807) is 16.0 Å². The molecule has 3 aliphatic heterocycles. The topological polar surface area (TPSA) is 120 Å². The Labute approximate surface area is 184 Å². The van der Waals surface area contributed by atoms with Crippen LogP contribution in [0.25, 0.3) is 0 Å². The Morgan fingerprint density at radius 2 is 1.94 bits per heavy atom. The van der Waals surface area contributed by atoms with Gasteiger partial charge in [0.15, 0.2) is 0 Å². The quantitative estimate of drug-likeness (QED) is 0.735. The van der Waals surface area contributed by atoms with E-state index in [0.29, 0.717) is 30.9 Å². The maximum Gasteiger partial charge on any atom is 0.404 e. The average Bonchev–Trinajstić information content (AvgIpc) is 3.53. The maximum absolute atomic E-state index is 13.1. The van der Waals surface area contributed by atoms with Gasteiger partial charge in [-0.1, -0.05) is 30.3 Å². The third-order valence-corrected chi connectivity index (χ3v) is 6.14. The van der Waals surface area contributed by atoms with E-state index in [2.05, 4.69) is 10.4 Å². The molecule has 0 saturated carbocycles. The van der Waals surface area contributed by atoms with Crippen LogP contribution in [0, 0.1) is 0 Å². The molecule has 32 heavy (non-hydrogen) atoms. The number of likely N-dealkylation sites (tertiary alicyclic amines) is 1. The first-order chi connectivity index (χ1) is 15.5. The van der Waals surface area contributed by atoms with Crippen molar-refractivity contribution in [2.45, 2.75) is 31.5 Å². The molecule has 2 unspecified atom stereocenters. The smallest absolute Gasteiger partial charge is 0.404 e. The number of nitrogens with zero attached hydrogens (tertiary/aromatic N) is 5. The van der Waals surface area contributed by atoms with Gasteiger partial charge < -0.3 is 20.2 Å². The first-order valence-electron chi connectivity index (χ1n) is 10.6. The van der Waals surface area contributed by atoms with Gasteiger partial charge in [-0.15, -0.1) is 0 Å². The molecular formula is C21H24N6O5. The van der Waals surface area contributed by atoms with Crippen molar-refractivity contribution in [2.24, 2.45) is 0 Å². The molecule has 2 fully saturated rings. The van der Waals surface area contributed by atoms with Gasteiger partial charge in [-0.2, -0.15) is 14.8 Å². The van der Waals surface area contributed by atoms with Crippen LogP contribution in [0.1, 0.15) is 41.7 Å². The Hall–Kier alpha value is -3.60. The van der Waals surface area contributed by atoms with Gasteiger partial charge in [-0.05, 0) is 18.4 Å². The molecule has 3 aliphatic rings. The number of benzene rings is 1. The van der Waals surface area contributed by atoms with Gasteiger partial charge in [0.1, 0.15) is 12.6 Å². The van der Waals surface area contributed by atoms with Gasteiger partial charge in [0.05, 0.1) is 18.3 Å². The van der Waals surface area contributed by atoms with Crippen molar-refractivity contribution in [3.63, 3.8) is 0 Å². The summed E-state index contributed by atoms with van der Waals surface area (Å²) in [5, 5.41) is 17.3. The number of hydrogen-bond acceptors (Lipinski definition) is 5. The van der Waals surface area contributed by atoms with Crippen LogP contribution in [0.3, 0.4) is 0 Å². The third-order valence-electron chi connectivity index (χ3n) is 6.14. The molecule has 4 heterocycles. The van der Waals surface area contributed by atoms with Crippen LogP contribution in [-0.2, 0) is 11.4 Å². The largest absolute Gasteiger partial charge is 0.465 e. The fraction of sp³-hybridized carbons (Fsp3) is 0.429. The van der Waals surface area contributed by atoms with E-state index in [-0.39, 0.29) is 25.2 Å². The second kappa shape index (κ2) is 8.15. The Morgan fingerprint density at radius 1 is 1.19 bits per heavy atom. The zero-order valence-corrected chi connectivity index (χ0v) is 17.4. The highest BCUT2D eigenvalue weighted by atomic mass is 16.7. The summed E-state index contributed by atoms with van der Waals surface area (Å²) >= 11 is 0. The number of hydrogen-bond donors (Lipinski definition) is 2. The number of hydroxylamine groups is 2. The lowest BCUT2D eigenvalue weighted by molar-refractivity contribution is -0.141. The molecule has 2 aromatic rings. The Balaban J connectivity index is 1.44. The maximum atomic E-state index is 13.1. The van der Waals surface area contributed by atoms with Crippen LogP contribution in [-0.4, -0.2) is 74.1 Å². The summed E-state index contributed by atoms with van der Waals surface area (Å²) in [6.45, 7) is 1.89. The number of carbonyl (C=O) groups is 3. The average molecular weight is 440 g/mol. The minimum absolute atomic E-state index is 0.0256. The predicted molar refractivity (Wildman–Crippen MR) is 111 cm³/mol. The zero-order chi connectivity index (χ0) is 22.2. The zero-order valence-electron chi connectivity index (χ0n) is 17.4. The van der Waals surface area contributed by atoms with E-state index in [0.717, 1.165) is 18.4 Å². The fourth-order valence-corrected chi connectivity index (χ4v) is 4.55. The highest BCUT2D eigenvalue weighted by molar-refractivity contribution is 5.80. The lowest BCUT2D eigenvalue weighted by Crippen LogP contribution is -2.41. The van der Waals surface area contributed by atoms with Crippen LogP contribution in [0.2, 0.25) is 0 Å². The molecule has 2 N–H and O–H groups in total. The highest BCUT2D eigenvalue weighted by Crippen LogP contribution is 2.43. The predicted octanol–water partition coefficient (Wildman–Crippen LogP) is 2.18. The molecule has 168 valence electrons.